The molecule has 21 heavy (non-hydrogen) atoms. The molecule has 0 fully saturated rings. The predicted molar refractivity (Wildman–Crippen MR) is 87.8 cm³/mol. The summed E-state index contributed by atoms with van der Waals surface area (Å²) in [7, 11) is 0. The molecule has 0 aliphatic heterocycles. The van der Waals surface area contributed by atoms with Gasteiger partial charge in [-0.15, -0.1) is 0 Å². The molecule has 3 rings (SSSR count). The van der Waals surface area contributed by atoms with Gasteiger partial charge in [0.1, 0.15) is 0 Å². The number of hydrogen-bond acceptors (Lipinski definition) is 1. The van der Waals surface area contributed by atoms with Crippen molar-refractivity contribution in [3.8, 4) is 0 Å². The van der Waals surface area contributed by atoms with E-state index in [2.05, 4.69) is 51.8 Å². The van der Waals surface area contributed by atoms with Gasteiger partial charge in [0.2, 0.25) is 0 Å². The van der Waals surface area contributed by atoms with E-state index >= 15 is 0 Å². The van der Waals surface area contributed by atoms with E-state index in [1.807, 2.05) is 12.1 Å². The van der Waals surface area contributed by atoms with Crippen molar-refractivity contribution in [3.63, 3.8) is 0 Å². The number of fused-ring (bicyclic) bond motifs is 3. The predicted octanol–water partition coefficient (Wildman–Crippen LogP) is 5.93. The second kappa shape index (κ2) is 5.90. The van der Waals surface area contributed by atoms with E-state index < -0.39 is 0 Å². The highest BCUT2D eigenvalue weighted by Gasteiger charge is 2.10. The summed E-state index contributed by atoms with van der Waals surface area (Å²) in [5.74, 6) is 0. The largest absolute Gasteiger partial charge is 0.340 e. The molecule has 4 nitrogen and oxygen atoms in total. The van der Waals surface area contributed by atoms with Crippen LogP contribution in [0.1, 0.15) is 26.2 Å². The number of aromatic nitrogens is 1. The molecule has 0 N–H and O–H groups in total. The van der Waals surface area contributed by atoms with E-state index in [-0.39, 0.29) is 0 Å². The molecule has 0 saturated carbocycles. The lowest BCUT2D eigenvalue weighted by atomic mass is 10.1. The molecule has 0 saturated heterocycles. The van der Waals surface area contributed by atoms with Gasteiger partial charge in [0.25, 0.3) is 0 Å². The van der Waals surface area contributed by atoms with Crippen molar-refractivity contribution in [1.82, 2.24) is 4.57 Å². The molecule has 1 aromatic heterocycles. The average Bonchev–Trinajstić information content (AvgIpc) is 2.82. The number of benzene rings is 2. The Morgan fingerprint density at radius 2 is 1.86 bits per heavy atom. The van der Waals surface area contributed by atoms with Crippen LogP contribution in [0, 0.1) is 0 Å². The van der Waals surface area contributed by atoms with Gasteiger partial charge in [0.15, 0.2) is 0 Å². The maximum absolute atomic E-state index is 8.61. The van der Waals surface area contributed by atoms with Crippen molar-refractivity contribution < 1.29 is 0 Å². The first-order valence-corrected chi connectivity index (χ1v) is 7.41. The van der Waals surface area contributed by atoms with Crippen molar-refractivity contribution in [1.29, 1.82) is 0 Å². The smallest absolute Gasteiger partial charge is 0.0491 e. The molecule has 2 aromatic carbocycles. The van der Waals surface area contributed by atoms with Crippen LogP contribution in [0.5, 0.6) is 0 Å². The molecule has 0 bridgehead atoms. The van der Waals surface area contributed by atoms with E-state index in [1.54, 1.807) is 0 Å². The molecule has 0 amide bonds. The second-order valence-corrected chi connectivity index (χ2v) is 5.27. The van der Waals surface area contributed by atoms with Crippen molar-refractivity contribution in [2.75, 3.05) is 0 Å². The fraction of sp³-hybridized carbons (Fsp3) is 0.294. The molecule has 4 heteroatoms. The second-order valence-electron chi connectivity index (χ2n) is 5.27. The lowest BCUT2D eigenvalue weighted by Gasteiger charge is -2.06. The van der Waals surface area contributed by atoms with Crippen molar-refractivity contribution in [3.05, 3.63) is 52.9 Å². The summed E-state index contributed by atoms with van der Waals surface area (Å²) in [4.78, 5) is 2.88. The van der Waals surface area contributed by atoms with Crippen LogP contribution in [-0.2, 0) is 6.54 Å². The Bertz CT molecular complexity index is 825. The fourth-order valence-electron chi connectivity index (χ4n) is 2.92. The summed E-state index contributed by atoms with van der Waals surface area (Å²) >= 11 is 0. The van der Waals surface area contributed by atoms with Gasteiger partial charge in [-0.05, 0) is 30.2 Å². The Morgan fingerprint density at radius 1 is 1.05 bits per heavy atom. The lowest BCUT2D eigenvalue weighted by Crippen LogP contribution is -1.97. The SMILES string of the molecule is CCCCCn1c2ccccc2c2cc(N=[N+]=[N-])ccc21. The zero-order valence-electron chi connectivity index (χ0n) is 12.2. The van der Waals surface area contributed by atoms with Crippen LogP contribution in [0.25, 0.3) is 32.2 Å². The minimum absolute atomic E-state index is 0.668. The Kier molecular flexibility index (Phi) is 3.80. The highest BCUT2D eigenvalue weighted by molar-refractivity contribution is 6.08. The fourth-order valence-corrected chi connectivity index (χ4v) is 2.92. The van der Waals surface area contributed by atoms with Crippen LogP contribution in [0.2, 0.25) is 0 Å². The van der Waals surface area contributed by atoms with Crippen LogP contribution in [0.15, 0.2) is 47.6 Å². The molecular weight excluding hydrogens is 260 g/mol. The van der Waals surface area contributed by atoms with E-state index in [9.17, 15) is 0 Å². The van der Waals surface area contributed by atoms with Gasteiger partial charge in [-0.1, -0.05) is 49.1 Å². The number of azide groups is 1. The molecule has 0 aliphatic rings. The van der Waals surface area contributed by atoms with Gasteiger partial charge < -0.3 is 4.57 Å². The number of para-hydroxylation sites is 1. The molecule has 0 radical (unpaired) electrons. The van der Waals surface area contributed by atoms with Gasteiger partial charge in [-0.2, -0.15) is 0 Å². The summed E-state index contributed by atoms with van der Waals surface area (Å²) in [5, 5.41) is 6.10. The zero-order chi connectivity index (χ0) is 14.7. The normalized spacial score (nSPS) is 10.9. The third kappa shape index (κ3) is 2.46. The lowest BCUT2D eigenvalue weighted by molar-refractivity contribution is 0.627. The van der Waals surface area contributed by atoms with E-state index in [4.69, 9.17) is 5.53 Å². The Balaban J connectivity index is 2.21. The van der Waals surface area contributed by atoms with Gasteiger partial charge in [-0.3, -0.25) is 0 Å². The number of unbranched alkanes of at least 4 members (excludes halogenated alkanes) is 2. The minimum atomic E-state index is 0.668. The third-order valence-electron chi connectivity index (χ3n) is 3.90. The number of aryl methyl sites for hydroxylation is 1. The molecule has 0 spiro atoms. The van der Waals surface area contributed by atoms with Gasteiger partial charge in [0.05, 0.1) is 0 Å². The highest BCUT2D eigenvalue weighted by atomic mass is 15.1. The topological polar surface area (TPSA) is 53.7 Å². The minimum Gasteiger partial charge on any atom is -0.340 e. The highest BCUT2D eigenvalue weighted by Crippen LogP contribution is 2.32. The molecule has 0 aliphatic carbocycles. The van der Waals surface area contributed by atoms with Gasteiger partial charge in [0, 0.05) is 38.9 Å². The quantitative estimate of drug-likeness (QED) is 0.240. The summed E-state index contributed by atoms with van der Waals surface area (Å²) in [5.41, 5.74) is 11.7. The molecule has 0 atom stereocenters. The van der Waals surface area contributed by atoms with Crippen LogP contribution < -0.4 is 0 Å². The van der Waals surface area contributed by atoms with Gasteiger partial charge in [-0.25, -0.2) is 0 Å². The van der Waals surface area contributed by atoms with Gasteiger partial charge >= 0.3 is 0 Å². The summed E-state index contributed by atoms with van der Waals surface area (Å²) in [6.07, 6.45) is 3.64. The van der Waals surface area contributed by atoms with Crippen LogP contribution in [0.3, 0.4) is 0 Å². The van der Waals surface area contributed by atoms with Crippen molar-refractivity contribution >= 4 is 27.5 Å². The Hall–Kier alpha value is -2.45. The van der Waals surface area contributed by atoms with E-state index in [1.165, 1.54) is 35.7 Å². The number of rotatable bonds is 5. The van der Waals surface area contributed by atoms with Crippen molar-refractivity contribution in [2.45, 2.75) is 32.7 Å². The third-order valence-corrected chi connectivity index (χ3v) is 3.90. The summed E-state index contributed by atoms with van der Waals surface area (Å²) in [6, 6.07) is 14.4. The number of hydrogen-bond donors (Lipinski definition) is 0. The average molecular weight is 278 g/mol. The van der Waals surface area contributed by atoms with Crippen molar-refractivity contribution in [2.24, 2.45) is 5.11 Å². The first-order valence-electron chi connectivity index (χ1n) is 7.41. The summed E-state index contributed by atoms with van der Waals surface area (Å²) in [6.45, 7) is 3.25. The monoisotopic (exact) mass is 278 g/mol. The Morgan fingerprint density at radius 3 is 2.67 bits per heavy atom. The maximum Gasteiger partial charge on any atom is 0.0491 e. The van der Waals surface area contributed by atoms with E-state index in [0.29, 0.717) is 5.69 Å². The first kappa shape index (κ1) is 13.5. The number of nitrogens with zero attached hydrogens (tertiary/aromatic N) is 4. The first-order chi connectivity index (χ1) is 10.3. The molecule has 1 heterocycles. The summed E-state index contributed by atoms with van der Waals surface area (Å²) < 4.78 is 2.38. The molecule has 0 unspecified atom stereocenters. The van der Waals surface area contributed by atoms with E-state index in [0.717, 1.165) is 11.9 Å². The molecular formula is C17H18N4. The molecule has 106 valence electrons. The Labute approximate surface area is 123 Å². The molecule has 3 aromatic rings. The van der Waals surface area contributed by atoms with Crippen LogP contribution >= 0.6 is 0 Å². The standard InChI is InChI=1S/C17H18N4/c1-2-3-6-11-21-16-8-5-4-7-14(16)15-12-13(19-20-18)9-10-17(15)21/h4-5,7-10,12H,2-3,6,11H2,1H3. The zero-order valence-corrected chi connectivity index (χ0v) is 12.2. The van der Waals surface area contributed by atoms with Crippen LogP contribution in [-0.4, -0.2) is 4.57 Å². The van der Waals surface area contributed by atoms with Crippen LogP contribution in [0.4, 0.5) is 5.69 Å². The maximum atomic E-state index is 8.61.